The molecule has 0 atom stereocenters. The van der Waals surface area contributed by atoms with E-state index in [9.17, 15) is 4.79 Å². The molecule has 2 rings (SSSR count). The molecule has 126 valence electrons. The van der Waals surface area contributed by atoms with Crippen molar-refractivity contribution < 1.29 is 9.53 Å². The minimum Gasteiger partial charge on any atom is -0.493 e. The second kappa shape index (κ2) is 8.41. The van der Waals surface area contributed by atoms with Crippen molar-refractivity contribution in [2.24, 2.45) is 4.99 Å². The Kier molecular flexibility index (Phi) is 6.26. The molecule has 2 N–H and O–H groups in total. The molecule has 1 aliphatic rings. The fourth-order valence-electron chi connectivity index (χ4n) is 2.45. The second-order valence-electron chi connectivity index (χ2n) is 5.75. The molecule has 1 amide bonds. The molecular formula is C17H26N4O2. The number of nitrogens with one attached hydrogen (secondary N) is 2. The van der Waals surface area contributed by atoms with E-state index in [1.54, 1.807) is 26.0 Å². The number of ether oxygens (including phenoxy) is 1. The molecule has 1 heterocycles. The molecule has 0 aliphatic carbocycles. The predicted octanol–water partition coefficient (Wildman–Crippen LogP) is 0.807. The number of amides is 1. The van der Waals surface area contributed by atoms with Crippen molar-refractivity contribution in [3.8, 4) is 5.75 Å². The fourth-order valence-corrected chi connectivity index (χ4v) is 2.45. The summed E-state index contributed by atoms with van der Waals surface area (Å²) in [6, 6.07) is 6.38. The molecule has 0 saturated heterocycles. The average Bonchev–Trinajstić information content (AvgIpc) is 3.00. The minimum absolute atomic E-state index is 0.105. The number of carbonyl (C=O) groups is 1. The van der Waals surface area contributed by atoms with Gasteiger partial charge in [-0.25, -0.2) is 0 Å². The van der Waals surface area contributed by atoms with Crippen LogP contribution in [0.5, 0.6) is 5.75 Å². The fraction of sp³-hybridized carbons (Fsp3) is 0.529. The Labute approximate surface area is 137 Å². The molecule has 0 bridgehead atoms. The van der Waals surface area contributed by atoms with Gasteiger partial charge in [0.1, 0.15) is 5.75 Å². The van der Waals surface area contributed by atoms with Crippen molar-refractivity contribution in [2.45, 2.75) is 19.3 Å². The summed E-state index contributed by atoms with van der Waals surface area (Å²) in [6.07, 6.45) is 2.38. The van der Waals surface area contributed by atoms with E-state index in [-0.39, 0.29) is 5.91 Å². The Balaban J connectivity index is 1.70. The molecule has 1 aromatic rings. The van der Waals surface area contributed by atoms with Crippen molar-refractivity contribution in [1.29, 1.82) is 0 Å². The van der Waals surface area contributed by atoms with Crippen LogP contribution in [0.1, 0.15) is 17.5 Å². The van der Waals surface area contributed by atoms with Gasteiger partial charge in [0, 0.05) is 47.1 Å². The lowest BCUT2D eigenvalue weighted by Crippen LogP contribution is -2.40. The maximum atomic E-state index is 11.5. The zero-order valence-corrected chi connectivity index (χ0v) is 14.2. The van der Waals surface area contributed by atoms with Crippen LogP contribution in [0.4, 0.5) is 0 Å². The highest BCUT2D eigenvalue weighted by Gasteiger charge is 2.11. The van der Waals surface area contributed by atoms with Gasteiger partial charge in [0.25, 0.3) is 0 Å². The number of carbonyl (C=O) groups excluding carboxylic acids is 1. The number of guanidine groups is 1. The molecule has 6 nitrogen and oxygen atoms in total. The number of fused-ring (bicyclic) bond motifs is 1. The molecular weight excluding hydrogens is 292 g/mol. The van der Waals surface area contributed by atoms with Crippen molar-refractivity contribution >= 4 is 11.9 Å². The highest BCUT2D eigenvalue weighted by atomic mass is 16.5. The van der Waals surface area contributed by atoms with Gasteiger partial charge in [-0.2, -0.15) is 0 Å². The summed E-state index contributed by atoms with van der Waals surface area (Å²) in [4.78, 5) is 17.3. The molecule has 1 aromatic carbocycles. The van der Waals surface area contributed by atoms with Gasteiger partial charge in [0.15, 0.2) is 5.96 Å². The van der Waals surface area contributed by atoms with Crippen LogP contribution in [0.25, 0.3) is 0 Å². The van der Waals surface area contributed by atoms with Gasteiger partial charge in [-0.15, -0.1) is 0 Å². The lowest BCUT2D eigenvalue weighted by molar-refractivity contribution is -0.128. The first-order valence-electron chi connectivity index (χ1n) is 7.99. The number of rotatable bonds is 6. The van der Waals surface area contributed by atoms with Crippen LogP contribution in [0.2, 0.25) is 0 Å². The van der Waals surface area contributed by atoms with Crippen molar-refractivity contribution in [2.75, 3.05) is 40.8 Å². The second-order valence-corrected chi connectivity index (χ2v) is 5.75. The van der Waals surface area contributed by atoms with E-state index in [2.05, 4.69) is 33.8 Å². The summed E-state index contributed by atoms with van der Waals surface area (Å²) in [5.41, 5.74) is 2.59. The van der Waals surface area contributed by atoms with Gasteiger partial charge < -0.3 is 20.3 Å². The van der Waals surface area contributed by atoms with Crippen molar-refractivity contribution in [3.05, 3.63) is 29.3 Å². The lowest BCUT2D eigenvalue weighted by Gasteiger charge is -2.13. The summed E-state index contributed by atoms with van der Waals surface area (Å²) < 4.78 is 5.52. The maximum absolute atomic E-state index is 11.5. The van der Waals surface area contributed by atoms with Gasteiger partial charge in [0.2, 0.25) is 5.91 Å². The van der Waals surface area contributed by atoms with Crippen LogP contribution < -0.4 is 15.4 Å². The first-order valence-corrected chi connectivity index (χ1v) is 7.99. The van der Waals surface area contributed by atoms with Gasteiger partial charge in [0.05, 0.1) is 6.61 Å². The van der Waals surface area contributed by atoms with Gasteiger partial charge >= 0.3 is 0 Å². The molecule has 0 spiro atoms. The first kappa shape index (κ1) is 17.1. The largest absolute Gasteiger partial charge is 0.493 e. The number of nitrogens with zero attached hydrogens (tertiary/aromatic N) is 2. The van der Waals surface area contributed by atoms with Crippen LogP contribution in [0, 0.1) is 0 Å². The summed E-state index contributed by atoms with van der Waals surface area (Å²) in [6.45, 7) is 2.16. The third-order valence-electron chi connectivity index (χ3n) is 3.81. The van der Waals surface area contributed by atoms with E-state index >= 15 is 0 Å². The topological polar surface area (TPSA) is 66.0 Å². The summed E-state index contributed by atoms with van der Waals surface area (Å²) >= 11 is 0. The first-order chi connectivity index (χ1) is 11.1. The smallest absolute Gasteiger partial charge is 0.223 e. The molecule has 0 saturated carbocycles. The molecule has 0 fully saturated rings. The molecule has 0 radical (unpaired) electrons. The van der Waals surface area contributed by atoms with Gasteiger partial charge in [-0.3, -0.25) is 9.79 Å². The molecule has 23 heavy (non-hydrogen) atoms. The van der Waals surface area contributed by atoms with Crippen LogP contribution in [0.3, 0.4) is 0 Å². The number of hydrogen-bond donors (Lipinski definition) is 2. The monoisotopic (exact) mass is 318 g/mol. The van der Waals surface area contributed by atoms with E-state index in [0.29, 0.717) is 13.0 Å². The molecule has 6 heteroatoms. The SMILES string of the molecule is CN=C(NCCC(=O)N(C)C)NCCc1ccc2c(c1)CCO2. The zero-order valence-electron chi connectivity index (χ0n) is 14.2. The van der Waals surface area contributed by atoms with E-state index in [1.807, 2.05) is 0 Å². The predicted molar refractivity (Wildman–Crippen MR) is 92.0 cm³/mol. The highest BCUT2D eigenvalue weighted by Crippen LogP contribution is 2.25. The Bertz CT molecular complexity index is 570. The van der Waals surface area contributed by atoms with Crippen LogP contribution in [-0.4, -0.2) is 57.6 Å². The van der Waals surface area contributed by atoms with Crippen LogP contribution in [0.15, 0.2) is 23.2 Å². The Hall–Kier alpha value is -2.24. The standard InChI is InChI=1S/C17H26N4O2/c1-18-17(20-10-7-16(22)21(2)3)19-9-6-13-4-5-15-14(12-13)8-11-23-15/h4-5,12H,6-11H2,1-3H3,(H2,18,19,20). The van der Waals surface area contributed by atoms with Crippen molar-refractivity contribution in [3.63, 3.8) is 0 Å². The van der Waals surface area contributed by atoms with Crippen LogP contribution >= 0.6 is 0 Å². The quantitative estimate of drug-likeness (QED) is 0.602. The van der Waals surface area contributed by atoms with E-state index in [4.69, 9.17) is 4.74 Å². The number of benzene rings is 1. The van der Waals surface area contributed by atoms with Gasteiger partial charge in [-0.05, 0) is 23.6 Å². The normalized spacial score (nSPS) is 13.3. The number of hydrogen-bond acceptors (Lipinski definition) is 3. The summed E-state index contributed by atoms with van der Waals surface area (Å²) in [5, 5.41) is 6.43. The Morgan fingerprint density at radius 2 is 2.09 bits per heavy atom. The summed E-state index contributed by atoms with van der Waals surface area (Å²) in [5.74, 6) is 1.85. The van der Waals surface area contributed by atoms with Gasteiger partial charge in [-0.1, -0.05) is 12.1 Å². The van der Waals surface area contributed by atoms with Crippen molar-refractivity contribution in [1.82, 2.24) is 15.5 Å². The molecule has 0 unspecified atom stereocenters. The van der Waals surface area contributed by atoms with E-state index in [0.717, 1.165) is 37.7 Å². The van der Waals surface area contributed by atoms with E-state index in [1.165, 1.54) is 11.1 Å². The third-order valence-corrected chi connectivity index (χ3v) is 3.81. The number of aliphatic imine (C=N–C) groups is 1. The third kappa shape index (κ3) is 5.16. The lowest BCUT2D eigenvalue weighted by atomic mass is 10.1. The average molecular weight is 318 g/mol. The molecule has 0 aromatic heterocycles. The summed E-state index contributed by atoms with van der Waals surface area (Å²) in [7, 11) is 5.25. The minimum atomic E-state index is 0.105. The Morgan fingerprint density at radius 3 is 2.83 bits per heavy atom. The highest BCUT2D eigenvalue weighted by molar-refractivity contribution is 5.81. The van der Waals surface area contributed by atoms with Crippen LogP contribution in [-0.2, 0) is 17.6 Å². The Morgan fingerprint density at radius 1 is 1.30 bits per heavy atom. The maximum Gasteiger partial charge on any atom is 0.223 e. The van der Waals surface area contributed by atoms with E-state index < -0.39 is 0 Å². The zero-order chi connectivity index (χ0) is 16.7. The molecule has 1 aliphatic heterocycles.